The number of hydrogen-bond donors (Lipinski definition) is 1. The van der Waals surface area contributed by atoms with Gasteiger partial charge in [-0.15, -0.1) is 0 Å². The van der Waals surface area contributed by atoms with Crippen LogP contribution in [0.1, 0.15) is 38.3 Å². The van der Waals surface area contributed by atoms with Crippen molar-refractivity contribution in [2.45, 2.75) is 46.3 Å². The molecule has 1 aromatic carbocycles. The highest BCUT2D eigenvalue weighted by molar-refractivity contribution is 6.31. The standard InChI is InChI=1S/C19H26ClFN2O2/c1-14-10-16(24-9-5-8-21)7-6-15(14)13-25-18-11-22-23(12-17(18)20)19(2,3)4/h6-7,10-12,22H,5,8-9,13H2,1-4H3. The van der Waals surface area contributed by atoms with Crippen LogP contribution in [0, 0.1) is 6.92 Å². The largest absolute Gasteiger partial charge is 0.493 e. The average molecular weight is 369 g/mol. The van der Waals surface area contributed by atoms with Gasteiger partial charge in [-0.25, -0.2) is 0 Å². The van der Waals surface area contributed by atoms with E-state index in [9.17, 15) is 4.39 Å². The minimum atomic E-state index is -0.366. The molecule has 4 nitrogen and oxygen atoms in total. The molecule has 2 rings (SSSR count). The quantitative estimate of drug-likeness (QED) is 0.701. The molecule has 138 valence electrons. The minimum absolute atomic E-state index is 0.0866. The van der Waals surface area contributed by atoms with E-state index in [1.165, 1.54) is 0 Å². The van der Waals surface area contributed by atoms with Crippen molar-refractivity contribution in [3.8, 4) is 5.75 Å². The molecule has 0 aliphatic carbocycles. The Balaban J connectivity index is 1.93. The molecule has 1 heterocycles. The van der Waals surface area contributed by atoms with E-state index < -0.39 is 0 Å². The molecule has 25 heavy (non-hydrogen) atoms. The van der Waals surface area contributed by atoms with Gasteiger partial charge in [-0.05, 0) is 51.0 Å². The Morgan fingerprint density at radius 1 is 1.24 bits per heavy atom. The molecular weight excluding hydrogens is 343 g/mol. The third-order valence-corrected chi connectivity index (χ3v) is 4.06. The molecule has 1 aliphatic heterocycles. The van der Waals surface area contributed by atoms with E-state index in [0.717, 1.165) is 16.9 Å². The third-order valence-electron chi connectivity index (χ3n) is 3.78. The van der Waals surface area contributed by atoms with Crippen LogP contribution in [0.4, 0.5) is 4.39 Å². The van der Waals surface area contributed by atoms with Crippen LogP contribution in [0.3, 0.4) is 0 Å². The molecular formula is C19H26ClFN2O2. The maximum Gasteiger partial charge on any atom is 0.157 e. The minimum Gasteiger partial charge on any atom is -0.493 e. The number of nitrogens with one attached hydrogen (secondary N) is 1. The lowest BCUT2D eigenvalue weighted by molar-refractivity contribution is 0.141. The predicted molar refractivity (Wildman–Crippen MR) is 98.8 cm³/mol. The number of halogens is 2. The molecule has 0 atom stereocenters. The zero-order valence-corrected chi connectivity index (χ0v) is 16.0. The molecule has 0 aromatic heterocycles. The normalized spacial score (nSPS) is 14.6. The van der Waals surface area contributed by atoms with Crippen LogP contribution in [0.15, 0.2) is 41.4 Å². The number of aryl methyl sites for hydroxylation is 1. The van der Waals surface area contributed by atoms with Gasteiger partial charge >= 0.3 is 0 Å². The molecule has 1 aromatic rings. The molecule has 0 spiro atoms. The Morgan fingerprint density at radius 2 is 2.00 bits per heavy atom. The van der Waals surface area contributed by atoms with Gasteiger partial charge in [-0.2, -0.15) is 0 Å². The van der Waals surface area contributed by atoms with E-state index in [-0.39, 0.29) is 12.2 Å². The molecule has 0 amide bonds. The fourth-order valence-electron chi connectivity index (χ4n) is 2.23. The lowest BCUT2D eigenvalue weighted by atomic mass is 10.1. The second-order valence-corrected chi connectivity index (χ2v) is 7.33. The van der Waals surface area contributed by atoms with Crippen molar-refractivity contribution in [2.24, 2.45) is 0 Å². The van der Waals surface area contributed by atoms with Crippen LogP contribution in [0.5, 0.6) is 5.75 Å². The molecule has 1 N–H and O–H groups in total. The molecule has 0 saturated heterocycles. The monoisotopic (exact) mass is 368 g/mol. The van der Waals surface area contributed by atoms with Gasteiger partial charge in [0, 0.05) is 12.6 Å². The van der Waals surface area contributed by atoms with Gasteiger partial charge in [-0.3, -0.25) is 9.40 Å². The van der Waals surface area contributed by atoms with Crippen LogP contribution < -0.4 is 10.2 Å². The second-order valence-electron chi connectivity index (χ2n) is 6.92. The Kier molecular flexibility index (Phi) is 6.59. The Bertz CT molecular complexity index is 653. The molecule has 6 heteroatoms. The van der Waals surface area contributed by atoms with E-state index in [1.54, 1.807) is 6.20 Å². The number of rotatable bonds is 7. The van der Waals surface area contributed by atoms with Crippen molar-refractivity contribution >= 4 is 11.6 Å². The Hall–Kier alpha value is -1.88. The van der Waals surface area contributed by atoms with Crippen molar-refractivity contribution < 1.29 is 13.9 Å². The summed E-state index contributed by atoms with van der Waals surface area (Å²) < 4.78 is 23.5. The first-order valence-corrected chi connectivity index (χ1v) is 8.73. The van der Waals surface area contributed by atoms with Crippen LogP contribution >= 0.6 is 11.6 Å². The van der Waals surface area contributed by atoms with Crippen LogP contribution in [-0.2, 0) is 11.3 Å². The highest BCUT2D eigenvalue weighted by Gasteiger charge is 2.22. The lowest BCUT2D eigenvalue weighted by Crippen LogP contribution is -2.46. The molecule has 0 fully saturated rings. The number of alkyl halides is 1. The van der Waals surface area contributed by atoms with E-state index in [2.05, 4.69) is 26.2 Å². The summed E-state index contributed by atoms with van der Waals surface area (Å²) >= 11 is 6.32. The molecule has 1 aliphatic rings. The van der Waals surface area contributed by atoms with Gasteiger partial charge in [-0.1, -0.05) is 17.7 Å². The summed E-state index contributed by atoms with van der Waals surface area (Å²) in [4.78, 5) is 0. The topological polar surface area (TPSA) is 33.7 Å². The Labute approximate surface area is 154 Å². The summed E-state index contributed by atoms with van der Waals surface area (Å²) in [6.07, 6.45) is 3.99. The number of benzene rings is 1. The summed E-state index contributed by atoms with van der Waals surface area (Å²) in [5.41, 5.74) is 5.17. The van der Waals surface area contributed by atoms with Crippen molar-refractivity contribution in [3.63, 3.8) is 0 Å². The van der Waals surface area contributed by atoms with Gasteiger partial charge in [0.1, 0.15) is 17.4 Å². The lowest BCUT2D eigenvalue weighted by Gasteiger charge is -2.36. The summed E-state index contributed by atoms with van der Waals surface area (Å²) in [5, 5.41) is 2.48. The highest BCUT2D eigenvalue weighted by Crippen LogP contribution is 2.26. The van der Waals surface area contributed by atoms with Crippen LogP contribution in [-0.4, -0.2) is 23.8 Å². The maximum atomic E-state index is 12.1. The van der Waals surface area contributed by atoms with Crippen molar-refractivity contribution in [1.82, 2.24) is 10.4 Å². The van der Waals surface area contributed by atoms with Gasteiger partial charge in [0.2, 0.25) is 0 Å². The van der Waals surface area contributed by atoms with E-state index in [0.29, 0.717) is 30.4 Å². The first kappa shape index (κ1) is 19.4. The van der Waals surface area contributed by atoms with Crippen molar-refractivity contribution in [2.75, 3.05) is 13.3 Å². The highest BCUT2D eigenvalue weighted by atomic mass is 35.5. The summed E-state index contributed by atoms with van der Waals surface area (Å²) in [6, 6.07) is 5.76. The van der Waals surface area contributed by atoms with Crippen LogP contribution in [0.25, 0.3) is 0 Å². The SMILES string of the molecule is Cc1cc(OCCCF)ccc1COC1=CNN(C(C)(C)C)C=C1Cl. The summed E-state index contributed by atoms with van der Waals surface area (Å²) in [5.74, 6) is 1.34. The number of allylic oxidation sites excluding steroid dienone is 1. The van der Waals surface area contributed by atoms with Crippen molar-refractivity contribution in [1.29, 1.82) is 0 Å². The van der Waals surface area contributed by atoms with E-state index in [1.807, 2.05) is 36.3 Å². The van der Waals surface area contributed by atoms with Gasteiger partial charge in [0.15, 0.2) is 5.76 Å². The van der Waals surface area contributed by atoms with E-state index >= 15 is 0 Å². The van der Waals surface area contributed by atoms with Gasteiger partial charge in [0.05, 0.1) is 25.0 Å². The first-order valence-electron chi connectivity index (χ1n) is 8.35. The van der Waals surface area contributed by atoms with Crippen LogP contribution in [0.2, 0.25) is 0 Å². The molecule has 0 bridgehead atoms. The van der Waals surface area contributed by atoms with Gasteiger partial charge < -0.3 is 14.9 Å². The van der Waals surface area contributed by atoms with Gasteiger partial charge in [0.25, 0.3) is 0 Å². The zero-order valence-electron chi connectivity index (χ0n) is 15.2. The van der Waals surface area contributed by atoms with Crippen molar-refractivity contribution in [3.05, 3.63) is 52.5 Å². The summed E-state index contributed by atoms with van der Waals surface area (Å²) in [6.45, 7) is 8.67. The predicted octanol–water partition coefficient (Wildman–Crippen LogP) is 4.79. The smallest absolute Gasteiger partial charge is 0.157 e. The fourth-order valence-corrected chi connectivity index (χ4v) is 2.44. The Morgan fingerprint density at radius 3 is 2.60 bits per heavy atom. The number of hydrogen-bond acceptors (Lipinski definition) is 4. The fraction of sp³-hybridized carbons (Fsp3) is 0.474. The third kappa shape index (κ3) is 5.56. The second kappa shape index (κ2) is 8.48. The first-order chi connectivity index (χ1) is 11.8. The number of ether oxygens (including phenoxy) is 2. The zero-order chi connectivity index (χ0) is 18.4. The maximum absolute atomic E-state index is 12.1. The number of hydrazine groups is 1. The molecule has 0 radical (unpaired) electrons. The number of nitrogens with zero attached hydrogens (tertiary/aromatic N) is 1. The average Bonchev–Trinajstić information content (AvgIpc) is 2.54. The van der Waals surface area contributed by atoms with E-state index in [4.69, 9.17) is 21.1 Å². The molecule has 0 unspecified atom stereocenters. The summed E-state index contributed by atoms with van der Waals surface area (Å²) in [7, 11) is 0. The molecule has 0 saturated carbocycles.